The Labute approximate surface area is 584 Å². The number of unbranched alkanes of at least 4 members (excludes halogenated alkanes) is 45. The molecule has 0 aliphatic carbocycles. The molecule has 1 amide bonds. The Bertz CT molecular complexity index is 1860. The first-order valence-corrected chi connectivity index (χ1v) is 40.4. The number of ether oxygens (including phenoxy) is 3. The Morgan fingerprint density at radius 1 is 0.389 bits per heavy atom. The van der Waals surface area contributed by atoms with Crippen LogP contribution < -0.4 is 5.32 Å². The van der Waals surface area contributed by atoms with Crippen LogP contribution in [0.4, 0.5) is 0 Å². The van der Waals surface area contributed by atoms with Crippen LogP contribution in [-0.2, 0) is 23.8 Å². The lowest BCUT2D eigenvalue weighted by molar-refractivity contribution is -0.302. The highest BCUT2D eigenvalue weighted by Gasteiger charge is 2.44. The van der Waals surface area contributed by atoms with E-state index in [4.69, 9.17) is 14.2 Å². The van der Waals surface area contributed by atoms with Crippen molar-refractivity contribution in [3.63, 3.8) is 0 Å². The van der Waals surface area contributed by atoms with Gasteiger partial charge in [-0.15, -0.1) is 0 Å². The SMILES string of the molecule is CCCCC/C=C\C/C=C\CCCCCCCC(=O)OCCCCCCCCCCCCCCCCC/C=C\C/C=C\CCCCCCCCCCCCCCCCCCCC(=O)NC(COC1OC(CO)C(O)C(O)C1O)C(O)/C=C/CC/C=C/CC/C=C/CCCCC. The van der Waals surface area contributed by atoms with Crippen LogP contribution in [0.3, 0.4) is 0 Å². The molecule has 6 N–H and O–H groups in total. The smallest absolute Gasteiger partial charge is 0.305 e. The molecule has 0 spiro atoms. The van der Waals surface area contributed by atoms with Gasteiger partial charge in [-0.25, -0.2) is 0 Å². The van der Waals surface area contributed by atoms with Crippen LogP contribution in [0.5, 0.6) is 0 Å². The molecule has 0 aromatic carbocycles. The number of allylic oxidation sites excluding steroid dienone is 13. The van der Waals surface area contributed by atoms with Gasteiger partial charge in [0.05, 0.1) is 32.0 Å². The van der Waals surface area contributed by atoms with Gasteiger partial charge in [0.15, 0.2) is 6.29 Å². The minimum absolute atomic E-state index is 0.0000281. The van der Waals surface area contributed by atoms with Gasteiger partial charge >= 0.3 is 5.97 Å². The summed E-state index contributed by atoms with van der Waals surface area (Å²) in [6.07, 6.45) is 90.5. The minimum Gasteiger partial charge on any atom is -0.466 e. The molecular formula is C84H151NO10. The van der Waals surface area contributed by atoms with Gasteiger partial charge in [0.1, 0.15) is 24.4 Å². The lowest BCUT2D eigenvalue weighted by atomic mass is 9.99. The molecule has 1 saturated heterocycles. The van der Waals surface area contributed by atoms with Crippen molar-refractivity contribution in [2.24, 2.45) is 0 Å². The highest BCUT2D eigenvalue weighted by atomic mass is 16.7. The Morgan fingerprint density at radius 2 is 0.716 bits per heavy atom. The molecule has 552 valence electrons. The van der Waals surface area contributed by atoms with Crippen molar-refractivity contribution in [3.8, 4) is 0 Å². The molecule has 1 aliphatic rings. The molecule has 0 saturated carbocycles. The van der Waals surface area contributed by atoms with E-state index in [1.54, 1.807) is 6.08 Å². The van der Waals surface area contributed by atoms with Crippen molar-refractivity contribution >= 4 is 11.9 Å². The highest BCUT2D eigenvalue weighted by molar-refractivity contribution is 5.76. The van der Waals surface area contributed by atoms with Gasteiger partial charge in [0.25, 0.3) is 0 Å². The van der Waals surface area contributed by atoms with Crippen LogP contribution in [0.15, 0.2) is 85.1 Å². The quantitative estimate of drug-likeness (QED) is 0.0195. The summed E-state index contributed by atoms with van der Waals surface area (Å²) in [5.74, 6) is -0.193. The van der Waals surface area contributed by atoms with Gasteiger partial charge in [0, 0.05) is 12.8 Å². The maximum atomic E-state index is 13.1. The maximum Gasteiger partial charge on any atom is 0.305 e. The molecule has 7 unspecified atom stereocenters. The third-order valence-electron chi connectivity index (χ3n) is 18.7. The number of amides is 1. The lowest BCUT2D eigenvalue weighted by Crippen LogP contribution is -2.60. The molecule has 0 bridgehead atoms. The topological polar surface area (TPSA) is 175 Å². The second-order valence-electron chi connectivity index (χ2n) is 27.7. The fourth-order valence-corrected chi connectivity index (χ4v) is 12.4. The molecule has 0 radical (unpaired) electrons. The van der Waals surface area contributed by atoms with Crippen LogP contribution in [0.25, 0.3) is 0 Å². The van der Waals surface area contributed by atoms with Crippen molar-refractivity contribution in [2.75, 3.05) is 19.8 Å². The Hall–Kier alpha value is -3.16. The van der Waals surface area contributed by atoms with E-state index in [0.717, 1.165) is 83.5 Å². The van der Waals surface area contributed by atoms with Crippen LogP contribution in [0, 0.1) is 0 Å². The number of aliphatic hydroxyl groups is 5. The Morgan fingerprint density at radius 3 is 1.11 bits per heavy atom. The second kappa shape index (κ2) is 72.1. The predicted octanol–water partition coefficient (Wildman–Crippen LogP) is 22.0. The number of esters is 1. The molecule has 0 aromatic heterocycles. The molecule has 11 heteroatoms. The number of hydrogen-bond donors (Lipinski definition) is 6. The molecule has 0 aromatic rings. The molecule has 11 nitrogen and oxygen atoms in total. The maximum absolute atomic E-state index is 13.1. The van der Waals surface area contributed by atoms with Crippen LogP contribution in [-0.4, -0.2) is 100 Å². The average Bonchev–Trinajstić information content (AvgIpc) is 0.836. The van der Waals surface area contributed by atoms with Crippen molar-refractivity contribution in [3.05, 3.63) is 85.1 Å². The van der Waals surface area contributed by atoms with Crippen molar-refractivity contribution in [1.29, 1.82) is 0 Å². The number of carbonyl (C=O) groups is 2. The molecule has 1 aliphatic heterocycles. The van der Waals surface area contributed by atoms with E-state index in [1.165, 1.54) is 263 Å². The van der Waals surface area contributed by atoms with Gasteiger partial charge in [0.2, 0.25) is 5.91 Å². The van der Waals surface area contributed by atoms with Crippen LogP contribution in [0.2, 0.25) is 0 Å². The third-order valence-corrected chi connectivity index (χ3v) is 18.7. The number of carbonyl (C=O) groups excluding carboxylic acids is 2. The number of hydrogen-bond acceptors (Lipinski definition) is 10. The molecular weight excluding hydrogens is 1180 g/mol. The molecule has 1 rings (SSSR count). The van der Waals surface area contributed by atoms with E-state index in [9.17, 15) is 35.1 Å². The minimum atomic E-state index is -1.58. The van der Waals surface area contributed by atoms with Gasteiger partial charge in [-0.1, -0.05) is 324 Å². The molecule has 7 atom stereocenters. The molecule has 95 heavy (non-hydrogen) atoms. The number of rotatable bonds is 71. The van der Waals surface area contributed by atoms with E-state index in [0.29, 0.717) is 19.4 Å². The largest absolute Gasteiger partial charge is 0.466 e. The van der Waals surface area contributed by atoms with E-state index in [-0.39, 0.29) is 18.5 Å². The van der Waals surface area contributed by atoms with Gasteiger partial charge in [-0.3, -0.25) is 9.59 Å². The number of nitrogens with one attached hydrogen (secondary N) is 1. The van der Waals surface area contributed by atoms with Gasteiger partial charge in [-0.05, 0) is 122 Å². The zero-order valence-electron chi connectivity index (χ0n) is 61.6. The van der Waals surface area contributed by atoms with E-state index >= 15 is 0 Å². The standard InChI is InChI=1S/C84H151NO10/c1-3-5-7-9-11-13-15-17-43-48-52-56-60-64-68-72-80(89)93-73-69-65-61-57-53-49-45-42-40-38-36-34-32-30-28-26-24-22-20-18-19-21-23-25-27-29-31-33-35-37-39-41-44-47-51-55-59-63-67-71-79(88)85-76(75-94-84-83(92)82(91)81(90)78(74-86)95-84)77(87)70-66-62-58-54-50-46-16-14-12-10-8-6-4-2/h11-14,17-19,22,24,43,50,54,66,70,76-78,81-84,86-87,90-92H,3-10,15-16,20-21,23,25-42,44-49,51-53,55-65,67-69,71-75H2,1-2H3,(H,85,88)/b13-11-,14-12+,19-18-,24-22-,43-17-,54-50+,70-66+. The van der Waals surface area contributed by atoms with Gasteiger partial charge in [-0.2, -0.15) is 0 Å². The predicted molar refractivity (Wildman–Crippen MR) is 402 cm³/mol. The van der Waals surface area contributed by atoms with Crippen molar-refractivity contribution in [1.82, 2.24) is 5.32 Å². The zero-order valence-corrected chi connectivity index (χ0v) is 61.6. The summed E-state index contributed by atoms with van der Waals surface area (Å²) in [4.78, 5) is 25.2. The monoisotopic (exact) mass is 1330 g/mol. The molecule has 1 fully saturated rings. The van der Waals surface area contributed by atoms with E-state index in [1.807, 2.05) is 6.08 Å². The van der Waals surface area contributed by atoms with Crippen LogP contribution in [0.1, 0.15) is 373 Å². The first-order valence-electron chi connectivity index (χ1n) is 40.4. The summed E-state index contributed by atoms with van der Waals surface area (Å²) in [7, 11) is 0. The summed E-state index contributed by atoms with van der Waals surface area (Å²) >= 11 is 0. The third kappa shape index (κ3) is 60.5. The summed E-state index contributed by atoms with van der Waals surface area (Å²) in [5.41, 5.74) is 0. The molecule has 1 heterocycles. The average molecular weight is 1340 g/mol. The second-order valence-corrected chi connectivity index (χ2v) is 27.7. The van der Waals surface area contributed by atoms with E-state index < -0.39 is 49.5 Å². The Balaban J connectivity index is 1.91. The summed E-state index contributed by atoms with van der Waals surface area (Å²) in [5, 5.41) is 54.5. The van der Waals surface area contributed by atoms with Crippen molar-refractivity contribution in [2.45, 2.75) is 416 Å². The normalized spacial score (nSPS) is 17.8. The van der Waals surface area contributed by atoms with Gasteiger partial charge < -0.3 is 45.1 Å². The van der Waals surface area contributed by atoms with E-state index in [2.05, 4.69) is 92.1 Å². The highest BCUT2D eigenvalue weighted by Crippen LogP contribution is 2.23. The zero-order chi connectivity index (χ0) is 68.6. The number of aliphatic hydroxyl groups excluding tert-OH is 5. The van der Waals surface area contributed by atoms with Crippen LogP contribution >= 0.6 is 0 Å². The summed E-state index contributed by atoms with van der Waals surface area (Å²) < 4.78 is 16.7. The summed E-state index contributed by atoms with van der Waals surface area (Å²) in [6.45, 7) is 4.29. The fraction of sp³-hybridized carbons (Fsp3) is 0.810. The first-order chi connectivity index (χ1) is 46.7. The van der Waals surface area contributed by atoms with Crippen molar-refractivity contribution < 1.29 is 49.3 Å². The summed E-state index contributed by atoms with van der Waals surface area (Å²) in [6, 6.07) is -0.834. The Kier molecular flexibility index (Phi) is 68.2. The lowest BCUT2D eigenvalue weighted by Gasteiger charge is -2.40. The fourth-order valence-electron chi connectivity index (χ4n) is 12.4. The first kappa shape index (κ1) is 89.9.